The van der Waals surface area contributed by atoms with E-state index in [1.54, 1.807) is 12.1 Å². The Morgan fingerprint density at radius 3 is 2.71 bits per heavy atom. The van der Waals surface area contributed by atoms with Crippen LogP contribution >= 0.6 is 23.2 Å². The SMILES string of the molecule is CC(O)C(=O)Oc1cccc(Cl)c1Cl. The summed E-state index contributed by atoms with van der Waals surface area (Å²) in [5.41, 5.74) is 0. The number of hydrogen-bond donors (Lipinski definition) is 1. The Kier molecular flexibility index (Phi) is 3.75. The number of aliphatic hydroxyl groups excluding tert-OH is 1. The van der Waals surface area contributed by atoms with Crippen molar-refractivity contribution in [2.24, 2.45) is 0 Å². The number of esters is 1. The second-order valence-corrected chi connectivity index (χ2v) is 3.43. The van der Waals surface area contributed by atoms with Gasteiger partial charge in [0.25, 0.3) is 0 Å². The summed E-state index contributed by atoms with van der Waals surface area (Å²) in [6.45, 7) is 1.31. The topological polar surface area (TPSA) is 46.5 Å². The van der Waals surface area contributed by atoms with Crippen LogP contribution in [0.5, 0.6) is 5.75 Å². The Balaban J connectivity index is 2.87. The Hall–Kier alpha value is -0.770. The smallest absolute Gasteiger partial charge is 0.340 e. The minimum Gasteiger partial charge on any atom is -0.423 e. The molecule has 0 aliphatic carbocycles. The lowest BCUT2D eigenvalue weighted by molar-refractivity contribution is -0.142. The first-order valence-corrected chi connectivity index (χ1v) is 4.61. The van der Waals surface area contributed by atoms with Crippen LogP contribution < -0.4 is 4.74 Å². The van der Waals surface area contributed by atoms with E-state index in [4.69, 9.17) is 33.0 Å². The highest BCUT2D eigenvalue weighted by molar-refractivity contribution is 6.43. The monoisotopic (exact) mass is 234 g/mol. The van der Waals surface area contributed by atoms with Gasteiger partial charge < -0.3 is 9.84 Å². The summed E-state index contributed by atoms with van der Waals surface area (Å²) in [6.07, 6.45) is -1.19. The summed E-state index contributed by atoms with van der Waals surface area (Å²) in [4.78, 5) is 11.0. The highest BCUT2D eigenvalue weighted by Crippen LogP contribution is 2.31. The van der Waals surface area contributed by atoms with E-state index in [2.05, 4.69) is 0 Å². The van der Waals surface area contributed by atoms with Gasteiger partial charge in [-0.2, -0.15) is 0 Å². The van der Waals surface area contributed by atoms with Gasteiger partial charge in [0.05, 0.1) is 5.02 Å². The second-order valence-electron chi connectivity index (χ2n) is 2.65. The van der Waals surface area contributed by atoms with Gasteiger partial charge in [-0.15, -0.1) is 0 Å². The molecule has 0 radical (unpaired) electrons. The third-order valence-corrected chi connectivity index (χ3v) is 2.27. The number of benzene rings is 1. The van der Waals surface area contributed by atoms with Crippen molar-refractivity contribution in [2.75, 3.05) is 0 Å². The molecule has 1 N–H and O–H groups in total. The highest BCUT2D eigenvalue weighted by atomic mass is 35.5. The molecule has 0 spiro atoms. The molecule has 1 aromatic rings. The fraction of sp³-hybridized carbons (Fsp3) is 0.222. The molecule has 1 aromatic carbocycles. The molecule has 76 valence electrons. The van der Waals surface area contributed by atoms with Crippen molar-refractivity contribution in [3.05, 3.63) is 28.2 Å². The van der Waals surface area contributed by atoms with E-state index in [1.807, 2.05) is 0 Å². The van der Waals surface area contributed by atoms with Crippen LogP contribution in [0.1, 0.15) is 6.92 Å². The predicted octanol–water partition coefficient (Wildman–Crippen LogP) is 2.28. The van der Waals surface area contributed by atoms with Gasteiger partial charge in [0.15, 0.2) is 5.75 Å². The molecule has 0 aliphatic rings. The Morgan fingerprint density at radius 2 is 2.14 bits per heavy atom. The summed E-state index contributed by atoms with van der Waals surface area (Å²) in [6, 6.07) is 4.66. The lowest BCUT2D eigenvalue weighted by atomic mass is 10.3. The number of rotatable bonds is 2. The molecular weight excluding hydrogens is 227 g/mol. The van der Waals surface area contributed by atoms with Crippen LogP contribution in [0.4, 0.5) is 0 Å². The van der Waals surface area contributed by atoms with E-state index in [0.29, 0.717) is 5.02 Å². The van der Waals surface area contributed by atoms with Crippen LogP contribution in [0.3, 0.4) is 0 Å². The van der Waals surface area contributed by atoms with Crippen LogP contribution in [0.2, 0.25) is 10.0 Å². The van der Waals surface area contributed by atoms with Crippen LogP contribution in [0.25, 0.3) is 0 Å². The van der Waals surface area contributed by atoms with Crippen molar-refractivity contribution >= 4 is 29.2 Å². The van der Waals surface area contributed by atoms with E-state index < -0.39 is 12.1 Å². The summed E-state index contributed by atoms with van der Waals surface area (Å²) >= 11 is 11.4. The van der Waals surface area contributed by atoms with Crippen molar-refractivity contribution in [2.45, 2.75) is 13.0 Å². The number of carbonyl (C=O) groups is 1. The standard InChI is InChI=1S/C9H8Cl2O3/c1-5(12)9(13)14-7-4-2-3-6(10)8(7)11/h2-5,12H,1H3. The van der Waals surface area contributed by atoms with Gasteiger partial charge in [-0.05, 0) is 19.1 Å². The van der Waals surface area contributed by atoms with Crippen molar-refractivity contribution in [1.82, 2.24) is 0 Å². The summed E-state index contributed by atoms with van der Waals surface area (Å²) in [7, 11) is 0. The van der Waals surface area contributed by atoms with Crippen LogP contribution in [-0.2, 0) is 4.79 Å². The lowest BCUT2D eigenvalue weighted by Gasteiger charge is -2.07. The first-order chi connectivity index (χ1) is 6.52. The van der Waals surface area contributed by atoms with Crippen molar-refractivity contribution in [3.8, 4) is 5.75 Å². The molecule has 0 aromatic heterocycles. The average Bonchev–Trinajstić information content (AvgIpc) is 2.12. The molecule has 1 unspecified atom stereocenters. The minimum atomic E-state index is -1.19. The van der Waals surface area contributed by atoms with Crippen molar-refractivity contribution in [1.29, 1.82) is 0 Å². The van der Waals surface area contributed by atoms with E-state index in [1.165, 1.54) is 13.0 Å². The molecule has 0 saturated carbocycles. The highest BCUT2D eigenvalue weighted by Gasteiger charge is 2.14. The molecule has 0 fully saturated rings. The third kappa shape index (κ3) is 2.61. The minimum absolute atomic E-state index is 0.144. The van der Waals surface area contributed by atoms with Gasteiger partial charge in [-0.25, -0.2) is 4.79 Å². The lowest BCUT2D eigenvalue weighted by Crippen LogP contribution is -2.22. The molecule has 0 bridgehead atoms. The summed E-state index contributed by atoms with van der Waals surface area (Å²) < 4.78 is 4.78. The fourth-order valence-corrected chi connectivity index (χ4v) is 1.09. The average molecular weight is 235 g/mol. The van der Waals surface area contributed by atoms with Gasteiger partial charge in [-0.3, -0.25) is 0 Å². The second kappa shape index (κ2) is 4.64. The quantitative estimate of drug-likeness (QED) is 0.631. The van der Waals surface area contributed by atoms with Gasteiger partial charge in [0.1, 0.15) is 11.1 Å². The zero-order valence-corrected chi connectivity index (χ0v) is 8.84. The zero-order valence-electron chi connectivity index (χ0n) is 7.33. The normalized spacial score (nSPS) is 12.3. The Bertz CT molecular complexity index is 350. The van der Waals surface area contributed by atoms with E-state index in [-0.39, 0.29) is 10.8 Å². The molecular formula is C9H8Cl2O3. The molecule has 0 amide bonds. The molecule has 0 heterocycles. The van der Waals surface area contributed by atoms with Crippen LogP contribution in [0.15, 0.2) is 18.2 Å². The molecule has 0 aliphatic heterocycles. The first-order valence-electron chi connectivity index (χ1n) is 3.86. The van der Waals surface area contributed by atoms with Crippen LogP contribution in [0, 0.1) is 0 Å². The summed E-state index contributed by atoms with van der Waals surface area (Å²) in [5.74, 6) is -0.626. The Labute approximate surface area is 91.2 Å². The maximum Gasteiger partial charge on any atom is 0.340 e. The molecule has 5 heteroatoms. The van der Waals surface area contributed by atoms with Gasteiger partial charge in [-0.1, -0.05) is 29.3 Å². The van der Waals surface area contributed by atoms with E-state index in [0.717, 1.165) is 0 Å². The van der Waals surface area contributed by atoms with Crippen LogP contribution in [-0.4, -0.2) is 17.2 Å². The molecule has 1 rings (SSSR count). The number of ether oxygens (including phenoxy) is 1. The molecule has 1 atom stereocenters. The third-order valence-electron chi connectivity index (χ3n) is 1.47. The van der Waals surface area contributed by atoms with Gasteiger partial charge in [0.2, 0.25) is 0 Å². The molecule has 3 nitrogen and oxygen atoms in total. The first kappa shape index (κ1) is 11.3. The van der Waals surface area contributed by atoms with Crippen molar-refractivity contribution < 1.29 is 14.6 Å². The van der Waals surface area contributed by atoms with Gasteiger partial charge >= 0.3 is 5.97 Å². The summed E-state index contributed by atoms with van der Waals surface area (Å²) in [5, 5.41) is 9.34. The maximum atomic E-state index is 11.0. The van der Waals surface area contributed by atoms with Gasteiger partial charge in [0, 0.05) is 0 Å². The number of hydrogen-bond acceptors (Lipinski definition) is 3. The Morgan fingerprint density at radius 1 is 1.50 bits per heavy atom. The number of aliphatic hydroxyl groups is 1. The predicted molar refractivity (Wildman–Crippen MR) is 53.8 cm³/mol. The largest absolute Gasteiger partial charge is 0.423 e. The maximum absolute atomic E-state index is 11.0. The van der Waals surface area contributed by atoms with E-state index >= 15 is 0 Å². The number of halogens is 2. The van der Waals surface area contributed by atoms with Crippen molar-refractivity contribution in [3.63, 3.8) is 0 Å². The van der Waals surface area contributed by atoms with E-state index in [9.17, 15) is 4.79 Å². The molecule has 14 heavy (non-hydrogen) atoms. The fourth-order valence-electron chi connectivity index (χ4n) is 0.756. The molecule has 0 saturated heterocycles. The number of carbonyl (C=O) groups excluding carboxylic acids is 1. The zero-order chi connectivity index (χ0) is 10.7.